The van der Waals surface area contributed by atoms with Crippen molar-refractivity contribution in [3.05, 3.63) is 23.4 Å². The normalized spacial score (nSPS) is 23.0. The van der Waals surface area contributed by atoms with E-state index in [1.165, 1.54) is 12.8 Å². The van der Waals surface area contributed by atoms with Gasteiger partial charge < -0.3 is 14.9 Å². The van der Waals surface area contributed by atoms with Crippen molar-refractivity contribution in [2.75, 3.05) is 44.2 Å². The van der Waals surface area contributed by atoms with Gasteiger partial charge in [-0.15, -0.1) is 0 Å². The minimum Gasteiger partial charge on any atom is -0.396 e. The Kier molecular flexibility index (Phi) is 6.69. The molecule has 3 rings (SSSR count). The number of pyridine rings is 1. The number of anilines is 1. The summed E-state index contributed by atoms with van der Waals surface area (Å²) in [6.07, 6.45) is 3.17. The van der Waals surface area contributed by atoms with Gasteiger partial charge >= 0.3 is 0 Å². The summed E-state index contributed by atoms with van der Waals surface area (Å²) in [6.45, 7) is 11.7. The van der Waals surface area contributed by atoms with Crippen LogP contribution in [-0.2, 0) is 0 Å². The van der Waals surface area contributed by atoms with E-state index >= 15 is 0 Å². The smallest absolute Gasteiger partial charge is 0.146 e. The van der Waals surface area contributed by atoms with Crippen molar-refractivity contribution in [3.8, 4) is 6.07 Å². The Morgan fingerprint density at radius 2 is 1.96 bits per heavy atom. The van der Waals surface area contributed by atoms with Gasteiger partial charge in [0.2, 0.25) is 0 Å². The van der Waals surface area contributed by atoms with E-state index in [1.54, 1.807) is 0 Å². The minimum atomic E-state index is 0.201. The average molecular weight is 372 g/mol. The lowest BCUT2D eigenvalue weighted by Gasteiger charge is -2.48. The van der Waals surface area contributed by atoms with Crippen LogP contribution in [0.1, 0.15) is 44.4 Å². The number of likely N-dealkylation sites (tertiary alicyclic amines) is 1. The van der Waals surface area contributed by atoms with E-state index in [0.717, 1.165) is 50.7 Å². The third kappa shape index (κ3) is 4.60. The maximum absolute atomic E-state index is 9.63. The maximum atomic E-state index is 9.63. The number of aryl methyl sites for hydroxylation is 1. The molecule has 2 saturated heterocycles. The quantitative estimate of drug-likeness (QED) is 0.854. The van der Waals surface area contributed by atoms with Gasteiger partial charge in [0.05, 0.1) is 5.56 Å². The van der Waals surface area contributed by atoms with Crippen LogP contribution in [0.3, 0.4) is 0 Å². The Bertz CT molecular complexity index is 663. The Balaban J connectivity index is 1.71. The highest BCUT2D eigenvalue weighted by atomic mass is 16.3. The Morgan fingerprint density at radius 3 is 2.59 bits per heavy atom. The van der Waals surface area contributed by atoms with Crippen LogP contribution >= 0.6 is 0 Å². The second kappa shape index (κ2) is 9.01. The molecule has 3 heterocycles. The summed E-state index contributed by atoms with van der Waals surface area (Å²) >= 11 is 0. The van der Waals surface area contributed by atoms with Crippen LogP contribution < -0.4 is 4.90 Å². The third-order valence-corrected chi connectivity index (χ3v) is 6.12. The van der Waals surface area contributed by atoms with Gasteiger partial charge in [-0.1, -0.05) is 0 Å². The second-order valence-electron chi connectivity index (χ2n) is 8.15. The summed E-state index contributed by atoms with van der Waals surface area (Å²) < 4.78 is 0. The molecule has 148 valence electrons. The highest BCUT2D eigenvalue weighted by molar-refractivity contribution is 5.54. The molecule has 0 aromatic carbocycles. The highest BCUT2D eigenvalue weighted by Crippen LogP contribution is 2.27. The number of aliphatic hydroxyl groups excluding tert-OH is 1. The molecule has 0 amide bonds. The van der Waals surface area contributed by atoms with Crippen LogP contribution in [-0.4, -0.2) is 77.3 Å². The molecule has 6 nitrogen and oxygen atoms in total. The van der Waals surface area contributed by atoms with Crippen LogP contribution in [0.15, 0.2) is 12.1 Å². The number of aliphatic hydroxyl groups is 1. The van der Waals surface area contributed by atoms with Crippen LogP contribution in [0.25, 0.3) is 0 Å². The number of piperazine rings is 1. The van der Waals surface area contributed by atoms with Gasteiger partial charge in [0.25, 0.3) is 0 Å². The molecule has 0 saturated carbocycles. The maximum Gasteiger partial charge on any atom is 0.146 e. The van der Waals surface area contributed by atoms with Crippen LogP contribution in [0.4, 0.5) is 5.82 Å². The van der Waals surface area contributed by atoms with Gasteiger partial charge in [0.15, 0.2) is 0 Å². The zero-order valence-corrected chi connectivity index (χ0v) is 16.9. The van der Waals surface area contributed by atoms with E-state index in [0.29, 0.717) is 23.7 Å². The number of nitriles is 1. The highest BCUT2D eigenvalue weighted by Gasteiger charge is 2.34. The summed E-state index contributed by atoms with van der Waals surface area (Å²) in [5, 5.41) is 19.1. The molecular formula is C21H33N5O. The lowest BCUT2D eigenvalue weighted by atomic mass is 9.97. The fourth-order valence-corrected chi connectivity index (χ4v) is 4.55. The molecule has 1 N–H and O–H groups in total. The number of piperidine rings is 1. The second-order valence-corrected chi connectivity index (χ2v) is 8.15. The number of aromatic nitrogens is 1. The van der Waals surface area contributed by atoms with Gasteiger partial charge in [-0.3, -0.25) is 4.90 Å². The van der Waals surface area contributed by atoms with Crippen molar-refractivity contribution in [2.24, 2.45) is 0 Å². The fraction of sp³-hybridized carbons (Fsp3) is 0.714. The molecule has 2 fully saturated rings. The molecule has 0 spiro atoms. The lowest BCUT2D eigenvalue weighted by Crippen LogP contribution is -2.59. The molecule has 2 aliphatic heterocycles. The van der Waals surface area contributed by atoms with E-state index in [-0.39, 0.29) is 6.61 Å². The number of hydrogen-bond donors (Lipinski definition) is 1. The first kappa shape index (κ1) is 20.1. The molecule has 1 aromatic heterocycles. The summed E-state index contributed by atoms with van der Waals surface area (Å²) in [5.74, 6) is 0.801. The van der Waals surface area contributed by atoms with Crippen LogP contribution in [0.5, 0.6) is 0 Å². The van der Waals surface area contributed by atoms with E-state index in [9.17, 15) is 10.4 Å². The summed E-state index contributed by atoms with van der Waals surface area (Å²) in [6, 6.07) is 7.58. The Morgan fingerprint density at radius 1 is 1.22 bits per heavy atom. The molecule has 6 heteroatoms. The molecule has 2 aliphatic rings. The van der Waals surface area contributed by atoms with Crippen molar-refractivity contribution in [3.63, 3.8) is 0 Å². The Hall–Kier alpha value is -1.68. The van der Waals surface area contributed by atoms with E-state index in [4.69, 9.17) is 0 Å². The van der Waals surface area contributed by atoms with Gasteiger partial charge in [-0.25, -0.2) is 4.98 Å². The summed E-state index contributed by atoms with van der Waals surface area (Å²) in [5.41, 5.74) is 1.58. The SMILES string of the molecule is Cc1ccc(C#N)c(N2CCN(C3CCN(C(C)C)CC3)C(CCO)C2)n1. The molecule has 1 aromatic rings. The van der Waals surface area contributed by atoms with Crippen molar-refractivity contribution in [1.29, 1.82) is 5.26 Å². The largest absolute Gasteiger partial charge is 0.396 e. The first-order valence-corrected chi connectivity index (χ1v) is 10.3. The molecule has 1 unspecified atom stereocenters. The van der Waals surface area contributed by atoms with Crippen molar-refractivity contribution < 1.29 is 5.11 Å². The van der Waals surface area contributed by atoms with Gasteiger partial charge in [-0.05, 0) is 65.3 Å². The predicted molar refractivity (Wildman–Crippen MR) is 108 cm³/mol. The lowest BCUT2D eigenvalue weighted by molar-refractivity contribution is 0.0462. The zero-order chi connectivity index (χ0) is 19.4. The third-order valence-electron chi connectivity index (χ3n) is 6.12. The number of rotatable bonds is 5. The molecule has 27 heavy (non-hydrogen) atoms. The van der Waals surface area contributed by atoms with Crippen molar-refractivity contribution in [2.45, 2.75) is 58.2 Å². The van der Waals surface area contributed by atoms with E-state index in [1.807, 2.05) is 19.1 Å². The molecule has 1 atom stereocenters. The first-order valence-electron chi connectivity index (χ1n) is 10.3. The molecule has 0 bridgehead atoms. The minimum absolute atomic E-state index is 0.201. The average Bonchev–Trinajstić information content (AvgIpc) is 2.68. The summed E-state index contributed by atoms with van der Waals surface area (Å²) in [7, 11) is 0. The monoisotopic (exact) mass is 371 g/mol. The molecule has 0 aliphatic carbocycles. The predicted octanol–water partition coefficient (Wildman–Crippen LogP) is 2.01. The number of nitrogens with zero attached hydrogens (tertiary/aromatic N) is 5. The topological polar surface area (TPSA) is 66.6 Å². The zero-order valence-electron chi connectivity index (χ0n) is 16.9. The molecule has 0 radical (unpaired) electrons. The van der Waals surface area contributed by atoms with Gasteiger partial charge in [-0.2, -0.15) is 5.26 Å². The van der Waals surface area contributed by atoms with E-state index in [2.05, 4.69) is 39.6 Å². The standard InChI is InChI=1S/C21H33N5O/c1-16(2)24-9-6-19(7-10-24)26-12-11-25(15-20(26)8-13-27)21-18(14-22)5-4-17(3)23-21/h4-5,16,19-20,27H,6-13,15H2,1-3H3. The van der Waals surface area contributed by atoms with Crippen molar-refractivity contribution >= 4 is 5.82 Å². The van der Waals surface area contributed by atoms with Crippen LogP contribution in [0, 0.1) is 18.3 Å². The number of hydrogen-bond acceptors (Lipinski definition) is 6. The first-order chi connectivity index (χ1) is 13.0. The van der Waals surface area contributed by atoms with Crippen molar-refractivity contribution in [1.82, 2.24) is 14.8 Å². The Labute approximate surface area is 163 Å². The summed E-state index contributed by atoms with van der Waals surface area (Å²) in [4.78, 5) is 12.1. The van der Waals surface area contributed by atoms with E-state index < -0.39 is 0 Å². The van der Waals surface area contributed by atoms with Gasteiger partial charge in [0, 0.05) is 50.1 Å². The molecular weight excluding hydrogens is 338 g/mol. The van der Waals surface area contributed by atoms with Gasteiger partial charge in [0.1, 0.15) is 11.9 Å². The fourth-order valence-electron chi connectivity index (χ4n) is 4.55. The van der Waals surface area contributed by atoms with Crippen LogP contribution in [0.2, 0.25) is 0 Å².